The highest BCUT2D eigenvalue weighted by molar-refractivity contribution is 6.43. The molecule has 136 valence electrons. The molecule has 26 heavy (non-hydrogen) atoms. The lowest BCUT2D eigenvalue weighted by Gasteiger charge is -2.20. The first-order valence-corrected chi connectivity index (χ1v) is 8.69. The van der Waals surface area contributed by atoms with Crippen molar-refractivity contribution >= 4 is 29.6 Å². The van der Waals surface area contributed by atoms with E-state index in [4.69, 9.17) is 4.84 Å². The molecule has 8 heteroatoms. The number of oxime groups is 1. The number of pyridine rings is 1. The molecule has 2 aromatic rings. The van der Waals surface area contributed by atoms with Crippen molar-refractivity contribution in [2.45, 2.75) is 38.7 Å². The molecule has 2 atom stereocenters. The van der Waals surface area contributed by atoms with Crippen LogP contribution in [0.5, 0.6) is 0 Å². The minimum atomic E-state index is -1.62. The summed E-state index contributed by atoms with van der Waals surface area (Å²) in [4.78, 5) is 22.1. The predicted molar refractivity (Wildman–Crippen MR) is 99.3 cm³/mol. The van der Waals surface area contributed by atoms with E-state index in [1.54, 1.807) is 6.20 Å². The van der Waals surface area contributed by atoms with E-state index >= 15 is 0 Å². The monoisotopic (exact) mass is 355 g/mol. The van der Waals surface area contributed by atoms with Crippen molar-refractivity contribution in [1.29, 1.82) is 0 Å². The van der Waals surface area contributed by atoms with E-state index in [1.807, 2.05) is 44.2 Å². The summed E-state index contributed by atoms with van der Waals surface area (Å²) in [7, 11) is -1.62. The van der Waals surface area contributed by atoms with E-state index in [2.05, 4.69) is 15.5 Å². The van der Waals surface area contributed by atoms with Crippen LogP contribution in [0.15, 0.2) is 41.7 Å². The summed E-state index contributed by atoms with van der Waals surface area (Å²) in [5.41, 5.74) is 2.40. The summed E-state index contributed by atoms with van der Waals surface area (Å²) < 4.78 is 0. The summed E-state index contributed by atoms with van der Waals surface area (Å²) in [6.45, 7) is 3.90. The molecular formula is C18H22BN3O4. The van der Waals surface area contributed by atoms with Crippen molar-refractivity contribution < 1.29 is 19.7 Å². The number of rotatable bonds is 6. The standard InChI is InChI=1S/C18H22BN3O4/c1-11(2)9-17(19(24)25)21-18(23)16-10-15(22-26-16)13-7-8-20-14-6-4-3-5-12(13)14/h3-8,11,16-17,24-25H,9-10H2,1-2H3,(H,21,23). The Bertz CT molecular complexity index is 820. The average Bonchev–Trinajstić information content (AvgIpc) is 3.10. The van der Waals surface area contributed by atoms with Crippen LogP contribution in [0.25, 0.3) is 10.9 Å². The predicted octanol–water partition coefficient (Wildman–Crippen LogP) is 1.27. The molecule has 0 radical (unpaired) electrons. The maximum absolute atomic E-state index is 12.4. The van der Waals surface area contributed by atoms with Crippen LogP contribution in [0, 0.1) is 5.92 Å². The zero-order valence-electron chi connectivity index (χ0n) is 14.8. The number of amides is 1. The number of benzene rings is 1. The zero-order valence-corrected chi connectivity index (χ0v) is 14.8. The number of para-hydroxylation sites is 1. The Labute approximate surface area is 152 Å². The molecule has 2 heterocycles. The molecule has 1 aromatic carbocycles. The average molecular weight is 355 g/mol. The van der Waals surface area contributed by atoms with Crippen molar-refractivity contribution in [1.82, 2.24) is 10.3 Å². The SMILES string of the molecule is CC(C)CC(NC(=O)C1CC(c2ccnc3ccccc23)=NO1)B(O)O. The lowest BCUT2D eigenvalue weighted by atomic mass is 9.75. The van der Waals surface area contributed by atoms with Crippen LogP contribution in [-0.4, -0.2) is 45.8 Å². The van der Waals surface area contributed by atoms with E-state index in [1.165, 1.54) is 0 Å². The summed E-state index contributed by atoms with van der Waals surface area (Å²) in [5, 5.41) is 26.6. The van der Waals surface area contributed by atoms with Crippen molar-refractivity contribution in [3.63, 3.8) is 0 Å². The van der Waals surface area contributed by atoms with Gasteiger partial charge in [-0.15, -0.1) is 0 Å². The van der Waals surface area contributed by atoms with Crippen LogP contribution < -0.4 is 5.32 Å². The first-order chi connectivity index (χ1) is 12.5. The fraction of sp³-hybridized carbons (Fsp3) is 0.389. The molecule has 1 amide bonds. The second-order valence-electron chi connectivity index (χ2n) is 6.87. The van der Waals surface area contributed by atoms with E-state index in [0.29, 0.717) is 18.6 Å². The zero-order chi connectivity index (χ0) is 18.7. The van der Waals surface area contributed by atoms with Crippen LogP contribution in [0.3, 0.4) is 0 Å². The fourth-order valence-electron chi connectivity index (χ4n) is 3.06. The van der Waals surface area contributed by atoms with Crippen LogP contribution in [0.4, 0.5) is 0 Å². The number of nitrogens with one attached hydrogen (secondary N) is 1. The molecule has 0 bridgehead atoms. The number of hydrogen-bond donors (Lipinski definition) is 3. The molecule has 0 fully saturated rings. The maximum Gasteiger partial charge on any atom is 0.475 e. The summed E-state index contributed by atoms with van der Waals surface area (Å²) in [5.74, 6) is -0.931. The molecule has 0 saturated carbocycles. The molecule has 1 aromatic heterocycles. The molecule has 0 aliphatic carbocycles. The van der Waals surface area contributed by atoms with Crippen LogP contribution in [0.2, 0.25) is 0 Å². The Morgan fingerprint density at radius 3 is 2.85 bits per heavy atom. The number of nitrogens with zero attached hydrogens (tertiary/aromatic N) is 2. The second kappa shape index (κ2) is 7.84. The number of carbonyl (C=O) groups is 1. The first-order valence-electron chi connectivity index (χ1n) is 8.69. The minimum absolute atomic E-state index is 0.210. The van der Waals surface area contributed by atoms with E-state index in [-0.39, 0.29) is 5.92 Å². The van der Waals surface area contributed by atoms with Gasteiger partial charge < -0.3 is 20.2 Å². The Morgan fingerprint density at radius 1 is 1.35 bits per heavy atom. The number of hydrogen-bond acceptors (Lipinski definition) is 6. The maximum atomic E-state index is 12.4. The number of carbonyl (C=O) groups excluding carboxylic acids is 1. The van der Waals surface area contributed by atoms with Gasteiger partial charge in [0, 0.05) is 23.6 Å². The van der Waals surface area contributed by atoms with Gasteiger partial charge in [-0.3, -0.25) is 9.78 Å². The van der Waals surface area contributed by atoms with Crippen molar-refractivity contribution in [3.8, 4) is 0 Å². The minimum Gasteiger partial charge on any atom is -0.426 e. The van der Waals surface area contributed by atoms with Gasteiger partial charge >= 0.3 is 7.12 Å². The second-order valence-corrected chi connectivity index (χ2v) is 6.87. The fourth-order valence-corrected chi connectivity index (χ4v) is 3.06. The Morgan fingerprint density at radius 2 is 2.12 bits per heavy atom. The van der Waals surface area contributed by atoms with Crippen molar-refractivity contribution in [2.24, 2.45) is 11.1 Å². The summed E-state index contributed by atoms with van der Waals surface area (Å²) >= 11 is 0. The van der Waals surface area contributed by atoms with Gasteiger partial charge in [-0.05, 0) is 24.5 Å². The lowest BCUT2D eigenvalue weighted by Crippen LogP contribution is -2.50. The summed E-state index contributed by atoms with van der Waals surface area (Å²) in [6, 6.07) is 9.56. The molecule has 3 N–H and O–H groups in total. The third-order valence-corrected chi connectivity index (χ3v) is 4.33. The molecule has 2 unspecified atom stereocenters. The van der Waals surface area contributed by atoms with Crippen LogP contribution >= 0.6 is 0 Å². The molecular weight excluding hydrogens is 333 g/mol. The number of aromatic nitrogens is 1. The van der Waals surface area contributed by atoms with Gasteiger partial charge in [0.05, 0.1) is 17.2 Å². The van der Waals surface area contributed by atoms with Gasteiger partial charge in [0.1, 0.15) is 0 Å². The van der Waals surface area contributed by atoms with Crippen LogP contribution in [-0.2, 0) is 9.63 Å². The highest BCUT2D eigenvalue weighted by Gasteiger charge is 2.33. The topological polar surface area (TPSA) is 104 Å². The van der Waals surface area contributed by atoms with Gasteiger partial charge in [-0.1, -0.05) is 37.2 Å². The van der Waals surface area contributed by atoms with Crippen LogP contribution in [0.1, 0.15) is 32.3 Å². The van der Waals surface area contributed by atoms with Crippen molar-refractivity contribution in [3.05, 3.63) is 42.1 Å². The third-order valence-electron chi connectivity index (χ3n) is 4.33. The molecule has 1 aliphatic heterocycles. The van der Waals surface area contributed by atoms with Gasteiger partial charge in [0.25, 0.3) is 5.91 Å². The Balaban J connectivity index is 1.70. The largest absolute Gasteiger partial charge is 0.475 e. The lowest BCUT2D eigenvalue weighted by molar-refractivity contribution is -0.131. The Hall–Kier alpha value is -2.45. The first kappa shape index (κ1) is 18.3. The smallest absolute Gasteiger partial charge is 0.426 e. The van der Waals surface area contributed by atoms with Gasteiger partial charge in [0.15, 0.2) is 0 Å². The van der Waals surface area contributed by atoms with Gasteiger partial charge in [-0.2, -0.15) is 0 Å². The van der Waals surface area contributed by atoms with E-state index < -0.39 is 25.1 Å². The van der Waals surface area contributed by atoms with Gasteiger partial charge in [0.2, 0.25) is 6.10 Å². The summed E-state index contributed by atoms with van der Waals surface area (Å²) in [6.07, 6.45) is 1.69. The molecule has 1 aliphatic rings. The third kappa shape index (κ3) is 4.03. The highest BCUT2D eigenvalue weighted by Crippen LogP contribution is 2.23. The highest BCUT2D eigenvalue weighted by atomic mass is 16.6. The van der Waals surface area contributed by atoms with Crippen molar-refractivity contribution in [2.75, 3.05) is 0 Å². The quantitative estimate of drug-likeness (QED) is 0.677. The number of fused-ring (bicyclic) bond motifs is 1. The molecule has 0 spiro atoms. The molecule has 3 rings (SSSR count). The van der Waals surface area contributed by atoms with Gasteiger partial charge in [-0.25, -0.2) is 0 Å². The van der Waals surface area contributed by atoms with E-state index in [9.17, 15) is 14.8 Å². The Kier molecular flexibility index (Phi) is 5.53. The molecule has 7 nitrogen and oxygen atoms in total. The normalized spacial score (nSPS) is 17.7. The molecule has 0 saturated heterocycles. The van der Waals surface area contributed by atoms with E-state index in [0.717, 1.165) is 16.5 Å².